The van der Waals surface area contributed by atoms with Crippen LogP contribution >= 0.6 is 0 Å². The van der Waals surface area contributed by atoms with Crippen LogP contribution in [-0.2, 0) is 16.4 Å². The lowest BCUT2D eigenvalue weighted by molar-refractivity contribution is 0.463. The molecule has 2 aliphatic rings. The summed E-state index contributed by atoms with van der Waals surface area (Å²) < 4.78 is 43.1. The van der Waals surface area contributed by atoms with Gasteiger partial charge in [-0.1, -0.05) is 24.3 Å². The van der Waals surface area contributed by atoms with E-state index < -0.39 is 15.8 Å². The van der Waals surface area contributed by atoms with Crippen LogP contribution in [0.2, 0.25) is 0 Å². The maximum absolute atomic E-state index is 14.4. The highest BCUT2D eigenvalue weighted by molar-refractivity contribution is 7.93. The summed E-state index contributed by atoms with van der Waals surface area (Å²) in [4.78, 5) is 2.25. The highest BCUT2D eigenvalue weighted by Gasteiger charge is 2.28. The normalized spacial score (nSPS) is 19.2. The second-order valence-corrected chi connectivity index (χ2v) is 9.26. The zero-order chi connectivity index (χ0) is 20.4. The molecule has 150 valence electrons. The minimum Gasteiger partial charge on any atom is -0.368 e. The first-order chi connectivity index (χ1) is 14.0. The van der Waals surface area contributed by atoms with Crippen molar-refractivity contribution in [2.75, 3.05) is 18.0 Å². The van der Waals surface area contributed by atoms with Gasteiger partial charge in [-0.25, -0.2) is 17.5 Å². The van der Waals surface area contributed by atoms with E-state index in [1.165, 1.54) is 6.07 Å². The number of nitriles is 1. The summed E-state index contributed by atoms with van der Waals surface area (Å²) in [6, 6.07) is 13.8. The largest absolute Gasteiger partial charge is 0.368 e. The Labute approximate surface area is 170 Å². The summed E-state index contributed by atoms with van der Waals surface area (Å²) in [7, 11) is -3.60. The third kappa shape index (κ3) is 4.19. The molecule has 1 atom stereocenters. The van der Waals surface area contributed by atoms with Gasteiger partial charge in [0.15, 0.2) is 0 Å². The van der Waals surface area contributed by atoms with E-state index in [1.54, 1.807) is 18.2 Å². The lowest BCUT2D eigenvalue weighted by Gasteiger charge is -2.35. The minimum absolute atomic E-state index is 0.269. The zero-order valence-corrected chi connectivity index (χ0v) is 16.8. The van der Waals surface area contributed by atoms with Gasteiger partial charge in [0, 0.05) is 19.1 Å². The van der Waals surface area contributed by atoms with E-state index in [0.29, 0.717) is 42.9 Å². The summed E-state index contributed by atoms with van der Waals surface area (Å²) in [5.74, 6) is -0.459. The van der Waals surface area contributed by atoms with Crippen LogP contribution in [0, 0.1) is 17.1 Å². The van der Waals surface area contributed by atoms with Gasteiger partial charge in [-0.3, -0.25) is 0 Å². The Hall–Kier alpha value is -2.69. The van der Waals surface area contributed by atoms with Crippen LogP contribution in [0.1, 0.15) is 36.0 Å². The third-order valence-corrected chi connectivity index (χ3v) is 7.17. The zero-order valence-electron chi connectivity index (χ0n) is 15.9. The number of rotatable bonds is 4. The Kier molecular flexibility index (Phi) is 5.39. The number of hydrogen-bond acceptors (Lipinski definition) is 4. The number of piperidine rings is 1. The molecule has 0 spiro atoms. The molecule has 1 aliphatic heterocycles. The average Bonchev–Trinajstić information content (AvgIpc) is 2.73. The minimum atomic E-state index is -3.60. The van der Waals surface area contributed by atoms with Crippen molar-refractivity contribution in [1.82, 2.24) is 4.72 Å². The molecule has 2 aromatic carbocycles. The molecule has 1 aliphatic carbocycles. The second-order valence-electron chi connectivity index (χ2n) is 7.49. The molecule has 0 saturated carbocycles. The number of aryl methyl sites for hydroxylation is 1. The standard InChI is InChI=1S/C22H22FN3O2S/c23-21-12-16(14-24)7-10-22(21)26-11-3-6-19(15-26)25-29(27,28)20-9-8-17-4-1-2-5-18(17)13-20/h1-2,4-5,7,10,12-13,19,25H,3,6,8-9,11,15H2/t19-/m1/s1. The van der Waals surface area contributed by atoms with E-state index in [0.717, 1.165) is 17.5 Å². The Bertz CT molecular complexity index is 1110. The summed E-state index contributed by atoms with van der Waals surface area (Å²) in [6.45, 7) is 1.04. The van der Waals surface area contributed by atoms with Crippen LogP contribution < -0.4 is 9.62 Å². The number of allylic oxidation sites excluding steroid dienone is 1. The number of hydrogen-bond donors (Lipinski definition) is 1. The number of anilines is 1. The van der Waals surface area contributed by atoms with E-state index in [4.69, 9.17) is 5.26 Å². The fraction of sp³-hybridized carbons (Fsp3) is 0.318. The predicted octanol–water partition coefficient (Wildman–Crippen LogP) is 3.57. The van der Waals surface area contributed by atoms with E-state index in [-0.39, 0.29) is 11.6 Å². The number of sulfonamides is 1. The first-order valence-corrected chi connectivity index (χ1v) is 11.2. The molecule has 1 fully saturated rings. The Balaban J connectivity index is 1.50. The first kappa shape index (κ1) is 19.6. The van der Waals surface area contributed by atoms with Crippen molar-refractivity contribution in [3.63, 3.8) is 0 Å². The predicted molar refractivity (Wildman–Crippen MR) is 111 cm³/mol. The van der Waals surface area contributed by atoms with Crippen LogP contribution in [-0.4, -0.2) is 27.5 Å². The molecule has 0 amide bonds. The number of nitrogens with zero attached hydrogens (tertiary/aromatic N) is 2. The summed E-state index contributed by atoms with van der Waals surface area (Å²) in [5, 5.41) is 8.91. The smallest absolute Gasteiger partial charge is 0.237 e. The van der Waals surface area contributed by atoms with Crippen molar-refractivity contribution in [2.24, 2.45) is 0 Å². The maximum Gasteiger partial charge on any atom is 0.237 e. The summed E-state index contributed by atoms with van der Waals surface area (Å²) in [5.41, 5.74) is 2.78. The van der Waals surface area contributed by atoms with Crippen molar-refractivity contribution in [2.45, 2.75) is 31.7 Å². The lowest BCUT2D eigenvalue weighted by Crippen LogP contribution is -2.48. The average molecular weight is 412 g/mol. The van der Waals surface area contributed by atoms with E-state index in [9.17, 15) is 12.8 Å². The van der Waals surface area contributed by atoms with Crippen LogP contribution in [0.5, 0.6) is 0 Å². The summed E-state index contributed by atoms with van der Waals surface area (Å²) in [6.07, 6.45) is 4.40. The van der Waals surface area contributed by atoms with Crippen molar-refractivity contribution < 1.29 is 12.8 Å². The van der Waals surface area contributed by atoms with Crippen LogP contribution in [0.4, 0.5) is 10.1 Å². The second kappa shape index (κ2) is 7.97. The van der Waals surface area contributed by atoms with Gasteiger partial charge in [0.25, 0.3) is 0 Å². The Morgan fingerprint density at radius 1 is 1.17 bits per heavy atom. The molecular weight excluding hydrogens is 389 g/mol. The van der Waals surface area contributed by atoms with Crippen LogP contribution in [0.15, 0.2) is 47.4 Å². The van der Waals surface area contributed by atoms with Crippen molar-refractivity contribution >= 4 is 21.8 Å². The van der Waals surface area contributed by atoms with E-state index >= 15 is 0 Å². The van der Waals surface area contributed by atoms with Crippen molar-refractivity contribution in [1.29, 1.82) is 5.26 Å². The summed E-state index contributed by atoms with van der Waals surface area (Å²) >= 11 is 0. The number of nitrogens with one attached hydrogen (secondary N) is 1. The molecule has 4 rings (SSSR count). The third-order valence-electron chi connectivity index (χ3n) is 5.52. The number of fused-ring (bicyclic) bond motifs is 1. The van der Waals surface area contributed by atoms with Gasteiger partial charge >= 0.3 is 0 Å². The van der Waals surface area contributed by atoms with Gasteiger partial charge in [0.1, 0.15) is 5.82 Å². The highest BCUT2D eigenvalue weighted by Crippen LogP contribution is 2.28. The van der Waals surface area contributed by atoms with Gasteiger partial charge in [-0.05, 0) is 61.1 Å². The first-order valence-electron chi connectivity index (χ1n) is 9.72. The molecular formula is C22H22FN3O2S. The molecule has 0 aromatic heterocycles. The van der Waals surface area contributed by atoms with Gasteiger partial charge in [-0.2, -0.15) is 5.26 Å². The molecule has 5 nitrogen and oxygen atoms in total. The van der Waals surface area contributed by atoms with E-state index in [1.807, 2.05) is 35.2 Å². The Morgan fingerprint density at radius 2 is 2.00 bits per heavy atom. The van der Waals surface area contributed by atoms with Crippen molar-refractivity contribution in [3.8, 4) is 6.07 Å². The molecule has 2 aromatic rings. The Morgan fingerprint density at radius 3 is 2.79 bits per heavy atom. The van der Waals surface area contributed by atoms with Gasteiger partial charge in [0.2, 0.25) is 10.0 Å². The monoisotopic (exact) mass is 411 g/mol. The topological polar surface area (TPSA) is 73.2 Å². The molecule has 1 saturated heterocycles. The SMILES string of the molecule is N#Cc1ccc(N2CCC[C@@H](NS(=O)(=O)C3=Cc4ccccc4CC3)C2)c(F)c1. The maximum atomic E-state index is 14.4. The van der Waals surface area contributed by atoms with Gasteiger partial charge in [0.05, 0.1) is 22.2 Å². The highest BCUT2D eigenvalue weighted by atomic mass is 32.2. The fourth-order valence-electron chi connectivity index (χ4n) is 4.04. The molecule has 29 heavy (non-hydrogen) atoms. The molecule has 0 unspecified atom stereocenters. The molecule has 1 heterocycles. The molecule has 0 bridgehead atoms. The fourth-order valence-corrected chi connectivity index (χ4v) is 5.47. The molecule has 0 radical (unpaired) electrons. The quantitative estimate of drug-likeness (QED) is 0.835. The van der Waals surface area contributed by atoms with Crippen LogP contribution in [0.25, 0.3) is 6.08 Å². The van der Waals surface area contributed by atoms with Gasteiger partial charge in [-0.15, -0.1) is 0 Å². The molecule has 1 N–H and O–H groups in total. The van der Waals surface area contributed by atoms with Crippen LogP contribution in [0.3, 0.4) is 0 Å². The van der Waals surface area contributed by atoms with Gasteiger partial charge < -0.3 is 4.90 Å². The number of benzene rings is 2. The lowest BCUT2D eigenvalue weighted by atomic mass is 9.98. The molecule has 7 heteroatoms. The number of halogens is 1. The van der Waals surface area contributed by atoms with E-state index in [2.05, 4.69) is 4.72 Å². The van der Waals surface area contributed by atoms with Crippen molar-refractivity contribution in [3.05, 3.63) is 69.9 Å².